The van der Waals surface area contributed by atoms with E-state index in [0.29, 0.717) is 23.3 Å². The van der Waals surface area contributed by atoms with Crippen LogP contribution in [-0.4, -0.2) is 31.2 Å². The van der Waals surface area contributed by atoms with Crippen molar-refractivity contribution in [3.8, 4) is 0 Å². The maximum absolute atomic E-state index is 9.10. The van der Waals surface area contributed by atoms with Crippen molar-refractivity contribution in [3.63, 3.8) is 0 Å². The lowest BCUT2D eigenvalue weighted by atomic mass is 9.57. The topological polar surface area (TPSA) is 89.8 Å². The highest BCUT2D eigenvalue weighted by atomic mass is 16.3. The number of nitrogen functional groups attached to an aromatic ring is 1. The number of aromatic nitrogens is 4. The summed E-state index contributed by atoms with van der Waals surface area (Å²) >= 11 is 0. The number of hydrogen-bond acceptors (Lipinski definition) is 5. The molecule has 3 rings (SSSR count). The first-order valence-electron chi connectivity index (χ1n) is 6.59. The molecule has 1 aliphatic carbocycles. The third kappa shape index (κ3) is 1.70. The van der Waals surface area contributed by atoms with Crippen molar-refractivity contribution >= 4 is 17.0 Å². The highest BCUT2D eigenvalue weighted by Gasteiger charge is 2.48. The molecule has 1 aliphatic rings. The lowest BCUT2D eigenvalue weighted by Crippen LogP contribution is -2.46. The van der Waals surface area contributed by atoms with Crippen molar-refractivity contribution in [3.05, 3.63) is 12.7 Å². The second-order valence-corrected chi connectivity index (χ2v) is 5.87. The number of nitrogens with zero attached hydrogens (tertiary/aromatic N) is 4. The van der Waals surface area contributed by atoms with Crippen molar-refractivity contribution in [2.24, 2.45) is 11.3 Å². The molecule has 2 atom stereocenters. The lowest BCUT2D eigenvalue weighted by Gasteiger charge is -2.52. The van der Waals surface area contributed by atoms with Crippen molar-refractivity contribution < 1.29 is 5.11 Å². The molecule has 3 N–H and O–H groups in total. The van der Waals surface area contributed by atoms with Crippen LogP contribution in [0.4, 0.5) is 5.82 Å². The Morgan fingerprint density at radius 3 is 2.89 bits per heavy atom. The molecule has 1 saturated carbocycles. The van der Waals surface area contributed by atoms with Gasteiger partial charge in [-0.15, -0.1) is 0 Å². The van der Waals surface area contributed by atoms with E-state index < -0.39 is 0 Å². The van der Waals surface area contributed by atoms with Gasteiger partial charge in [-0.1, -0.05) is 13.8 Å². The molecule has 0 radical (unpaired) electrons. The molecule has 0 unspecified atom stereocenters. The minimum Gasteiger partial charge on any atom is -0.396 e. The maximum Gasteiger partial charge on any atom is 0.165 e. The molecule has 6 heteroatoms. The summed E-state index contributed by atoms with van der Waals surface area (Å²) in [4.78, 5) is 12.6. The van der Waals surface area contributed by atoms with Crippen LogP contribution in [0.5, 0.6) is 0 Å². The van der Waals surface area contributed by atoms with E-state index in [4.69, 9.17) is 10.8 Å². The fourth-order valence-corrected chi connectivity index (χ4v) is 3.20. The largest absolute Gasteiger partial charge is 0.396 e. The molecule has 0 spiro atoms. The number of anilines is 1. The molecule has 102 valence electrons. The third-order valence-electron chi connectivity index (χ3n) is 4.62. The molecule has 6 nitrogen and oxygen atoms in total. The first kappa shape index (κ1) is 12.3. The van der Waals surface area contributed by atoms with Crippen molar-refractivity contribution in [1.29, 1.82) is 0 Å². The van der Waals surface area contributed by atoms with Gasteiger partial charge in [0.05, 0.1) is 6.33 Å². The number of hydrogen-bond donors (Lipinski definition) is 2. The summed E-state index contributed by atoms with van der Waals surface area (Å²) in [6, 6.07) is 0.350. The number of nitrogens with two attached hydrogens (primary N) is 1. The van der Waals surface area contributed by atoms with Crippen LogP contribution in [0.25, 0.3) is 11.2 Å². The van der Waals surface area contributed by atoms with E-state index in [9.17, 15) is 0 Å². The fourth-order valence-electron chi connectivity index (χ4n) is 3.20. The average molecular weight is 261 g/mol. The van der Waals surface area contributed by atoms with E-state index in [0.717, 1.165) is 18.5 Å². The standard InChI is InChI=1S/C13H19N5O/c1-13(2)8(3-4-19)5-9(13)18-7-17-10-11(14)15-6-16-12(10)18/h6-9,19H,3-5H2,1-2H3,(H2,14,15,16)/t8-,9+/m1/s1. The first-order chi connectivity index (χ1) is 9.05. The molecule has 1 fully saturated rings. The Morgan fingerprint density at radius 2 is 2.21 bits per heavy atom. The maximum atomic E-state index is 9.10. The van der Waals surface area contributed by atoms with Gasteiger partial charge in [-0.25, -0.2) is 15.0 Å². The smallest absolute Gasteiger partial charge is 0.165 e. The predicted molar refractivity (Wildman–Crippen MR) is 72.4 cm³/mol. The Hall–Kier alpha value is -1.69. The number of rotatable bonds is 3. The second-order valence-electron chi connectivity index (χ2n) is 5.87. The summed E-state index contributed by atoms with van der Waals surface area (Å²) in [5, 5.41) is 9.10. The van der Waals surface area contributed by atoms with E-state index in [1.54, 1.807) is 6.33 Å². The highest BCUT2D eigenvalue weighted by Crippen LogP contribution is 2.56. The minimum absolute atomic E-state index is 0.135. The van der Waals surface area contributed by atoms with Crippen LogP contribution in [-0.2, 0) is 0 Å². The Labute approximate surface area is 111 Å². The molecule has 0 bridgehead atoms. The molecule has 0 aromatic carbocycles. The van der Waals surface area contributed by atoms with Crippen molar-refractivity contribution in [2.75, 3.05) is 12.3 Å². The van der Waals surface area contributed by atoms with Crippen LogP contribution in [0.15, 0.2) is 12.7 Å². The Kier molecular flexibility index (Phi) is 2.70. The monoisotopic (exact) mass is 261 g/mol. The van der Waals surface area contributed by atoms with Gasteiger partial charge in [0.15, 0.2) is 11.5 Å². The molecule has 2 heterocycles. The van der Waals surface area contributed by atoms with Gasteiger partial charge in [-0.2, -0.15) is 0 Å². The van der Waals surface area contributed by atoms with Gasteiger partial charge in [0, 0.05) is 12.6 Å². The second kappa shape index (κ2) is 4.16. The normalized spacial score (nSPS) is 25.4. The fraction of sp³-hybridized carbons (Fsp3) is 0.615. The van der Waals surface area contributed by atoms with Crippen LogP contribution in [0.1, 0.15) is 32.7 Å². The van der Waals surface area contributed by atoms with Gasteiger partial charge in [0.25, 0.3) is 0 Å². The zero-order valence-corrected chi connectivity index (χ0v) is 11.2. The Balaban J connectivity index is 1.97. The van der Waals surface area contributed by atoms with Gasteiger partial charge in [-0.3, -0.25) is 0 Å². The summed E-state index contributed by atoms with van der Waals surface area (Å²) in [6.45, 7) is 4.72. The van der Waals surface area contributed by atoms with Crippen LogP contribution < -0.4 is 5.73 Å². The molecule has 0 saturated heterocycles. The third-order valence-corrected chi connectivity index (χ3v) is 4.62. The van der Waals surface area contributed by atoms with Gasteiger partial charge < -0.3 is 15.4 Å². The first-order valence-corrected chi connectivity index (χ1v) is 6.59. The molecular formula is C13H19N5O. The summed E-state index contributed by atoms with van der Waals surface area (Å²) in [7, 11) is 0. The lowest BCUT2D eigenvalue weighted by molar-refractivity contribution is -0.0216. The minimum atomic E-state index is 0.135. The Bertz CT molecular complexity index is 606. The molecular weight excluding hydrogens is 242 g/mol. The summed E-state index contributed by atoms with van der Waals surface area (Å²) in [5.74, 6) is 0.965. The van der Waals surface area contributed by atoms with E-state index in [-0.39, 0.29) is 12.0 Å². The molecule has 0 amide bonds. The van der Waals surface area contributed by atoms with Gasteiger partial charge in [0.2, 0.25) is 0 Å². The van der Waals surface area contributed by atoms with Crippen molar-refractivity contribution in [2.45, 2.75) is 32.7 Å². The van der Waals surface area contributed by atoms with Gasteiger partial charge >= 0.3 is 0 Å². The van der Waals surface area contributed by atoms with Gasteiger partial charge in [0.1, 0.15) is 11.8 Å². The molecule has 2 aromatic rings. The highest BCUT2D eigenvalue weighted by molar-refractivity contribution is 5.81. The quantitative estimate of drug-likeness (QED) is 0.871. The number of fused-ring (bicyclic) bond motifs is 1. The zero-order chi connectivity index (χ0) is 13.6. The van der Waals surface area contributed by atoms with E-state index in [2.05, 4.69) is 33.4 Å². The van der Waals surface area contributed by atoms with E-state index >= 15 is 0 Å². The van der Waals surface area contributed by atoms with E-state index in [1.807, 2.05) is 0 Å². The Morgan fingerprint density at radius 1 is 1.42 bits per heavy atom. The molecule has 2 aromatic heterocycles. The number of imidazole rings is 1. The number of aliphatic hydroxyl groups is 1. The molecule has 19 heavy (non-hydrogen) atoms. The van der Waals surface area contributed by atoms with Crippen molar-refractivity contribution in [1.82, 2.24) is 19.5 Å². The number of aliphatic hydroxyl groups excluding tert-OH is 1. The SMILES string of the molecule is CC1(C)[C@H](CCO)C[C@@H]1n1cnc2c(N)ncnc21. The van der Waals surface area contributed by atoms with Crippen LogP contribution >= 0.6 is 0 Å². The van der Waals surface area contributed by atoms with Crippen LogP contribution in [0.3, 0.4) is 0 Å². The van der Waals surface area contributed by atoms with E-state index in [1.165, 1.54) is 6.33 Å². The predicted octanol–water partition coefficient (Wildman–Crippen LogP) is 1.38. The average Bonchev–Trinajstić information content (AvgIpc) is 2.79. The van der Waals surface area contributed by atoms with Crippen LogP contribution in [0.2, 0.25) is 0 Å². The zero-order valence-electron chi connectivity index (χ0n) is 11.2. The summed E-state index contributed by atoms with van der Waals surface area (Å²) in [5.41, 5.74) is 7.42. The summed E-state index contributed by atoms with van der Waals surface area (Å²) in [6.07, 6.45) is 5.18. The van der Waals surface area contributed by atoms with Gasteiger partial charge in [-0.05, 0) is 24.2 Å². The molecule has 0 aliphatic heterocycles. The van der Waals surface area contributed by atoms with Crippen LogP contribution in [0, 0.1) is 11.3 Å². The summed E-state index contributed by atoms with van der Waals surface area (Å²) < 4.78 is 2.10.